The fourth-order valence-corrected chi connectivity index (χ4v) is 3.19. The molecule has 0 fully saturated rings. The number of hydrogen-bond donors (Lipinski definition) is 0. The van der Waals surface area contributed by atoms with Gasteiger partial charge in [-0.3, -0.25) is 0 Å². The first-order valence-electron chi connectivity index (χ1n) is 8.55. The smallest absolute Gasteiger partial charge is 0.336 e. The van der Waals surface area contributed by atoms with Crippen molar-refractivity contribution in [3.05, 3.63) is 82.2 Å². The minimum Gasteiger partial charge on any atom is -0.497 e. The second-order valence-electron chi connectivity index (χ2n) is 6.12. The lowest BCUT2D eigenvalue weighted by atomic mass is 10.0. The van der Waals surface area contributed by atoms with E-state index in [-0.39, 0.29) is 5.63 Å². The minimum absolute atomic E-state index is 0.382. The van der Waals surface area contributed by atoms with Crippen LogP contribution >= 0.6 is 0 Å². The Morgan fingerprint density at radius 2 is 1.59 bits per heavy atom. The van der Waals surface area contributed by atoms with Gasteiger partial charge in [-0.1, -0.05) is 36.4 Å². The van der Waals surface area contributed by atoms with Gasteiger partial charge in [0.1, 0.15) is 17.1 Å². The van der Waals surface area contributed by atoms with E-state index >= 15 is 0 Å². The summed E-state index contributed by atoms with van der Waals surface area (Å²) in [6.07, 6.45) is 3.89. The molecule has 1 aromatic heterocycles. The fraction of sp³-hybridized carbons (Fsp3) is 0.0870. The van der Waals surface area contributed by atoms with Gasteiger partial charge in [-0.05, 0) is 41.5 Å². The molecule has 0 aliphatic carbocycles. The molecule has 0 saturated heterocycles. The summed E-state index contributed by atoms with van der Waals surface area (Å²) >= 11 is 0. The van der Waals surface area contributed by atoms with Gasteiger partial charge in [-0.2, -0.15) is 0 Å². The van der Waals surface area contributed by atoms with Crippen molar-refractivity contribution in [2.24, 2.45) is 0 Å². The molecule has 0 amide bonds. The molecule has 4 rings (SSSR count). The maximum Gasteiger partial charge on any atom is 0.336 e. The summed E-state index contributed by atoms with van der Waals surface area (Å²) in [6.45, 7) is 0. The van der Waals surface area contributed by atoms with Gasteiger partial charge in [0.15, 0.2) is 0 Å². The number of fused-ring (bicyclic) bond motifs is 3. The third-order valence-corrected chi connectivity index (χ3v) is 4.55. The van der Waals surface area contributed by atoms with Crippen LogP contribution < -0.4 is 15.1 Å². The summed E-state index contributed by atoms with van der Waals surface area (Å²) in [7, 11) is 3.27. The Labute approximate surface area is 156 Å². The molecular formula is C23H18O4. The van der Waals surface area contributed by atoms with Crippen LogP contribution in [0, 0.1) is 0 Å². The van der Waals surface area contributed by atoms with Gasteiger partial charge >= 0.3 is 5.63 Å². The monoisotopic (exact) mass is 358 g/mol. The van der Waals surface area contributed by atoms with Crippen LogP contribution in [0.2, 0.25) is 0 Å². The molecule has 0 aliphatic rings. The van der Waals surface area contributed by atoms with Crippen LogP contribution in [0.3, 0.4) is 0 Å². The number of benzene rings is 3. The number of methoxy groups -OCH3 is 2. The van der Waals surface area contributed by atoms with Crippen molar-refractivity contribution in [2.75, 3.05) is 14.2 Å². The molecule has 4 aromatic rings. The van der Waals surface area contributed by atoms with Crippen LogP contribution in [0.15, 0.2) is 69.9 Å². The van der Waals surface area contributed by atoms with Crippen molar-refractivity contribution in [1.29, 1.82) is 0 Å². The highest BCUT2D eigenvalue weighted by Gasteiger charge is 2.10. The lowest BCUT2D eigenvalue weighted by molar-refractivity contribution is 0.415. The molecule has 1 heterocycles. The van der Waals surface area contributed by atoms with Crippen LogP contribution in [0.1, 0.15) is 11.1 Å². The number of hydrogen-bond acceptors (Lipinski definition) is 4. The van der Waals surface area contributed by atoms with Crippen molar-refractivity contribution < 1.29 is 13.9 Å². The highest BCUT2D eigenvalue weighted by atomic mass is 16.5. The molecule has 4 heteroatoms. The Morgan fingerprint density at radius 3 is 2.33 bits per heavy atom. The average Bonchev–Trinajstić information content (AvgIpc) is 2.71. The van der Waals surface area contributed by atoms with E-state index in [9.17, 15) is 4.79 Å². The van der Waals surface area contributed by atoms with E-state index in [0.717, 1.165) is 38.8 Å². The summed E-state index contributed by atoms with van der Waals surface area (Å²) < 4.78 is 16.1. The van der Waals surface area contributed by atoms with Crippen LogP contribution in [-0.2, 0) is 0 Å². The van der Waals surface area contributed by atoms with Crippen LogP contribution in [0.4, 0.5) is 0 Å². The normalized spacial score (nSPS) is 11.3. The Morgan fingerprint density at radius 1 is 0.815 bits per heavy atom. The molecule has 4 nitrogen and oxygen atoms in total. The number of ether oxygens (including phenoxy) is 2. The topological polar surface area (TPSA) is 48.7 Å². The van der Waals surface area contributed by atoms with Crippen molar-refractivity contribution in [2.45, 2.75) is 0 Å². The summed E-state index contributed by atoms with van der Waals surface area (Å²) in [5, 5.41) is 2.63. The third kappa shape index (κ3) is 3.17. The molecule has 0 unspecified atom stereocenters. The highest BCUT2D eigenvalue weighted by Crippen LogP contribution is 2.32. The largest absolute Gasteiger partial charge is 0.497 e. The molecule has 0 aliphatic heterocycles. The summed E-state index contributed by atoms with van der Waals surface area (Å²) in [4.78, 5) is 12.1. The lowest BCUT2D eigenvalue weighted by Gasteiger charge is -2.08. The molecule has 3 aromatic carbocycles. The van der Waals surface area contributed by atoms with Gasteiger partial charge < -0.3 is 13.9 Å². The van der Waals surface area contributed by atoms with Crippen molar-refractivity contribution in [3.8, 4) is 11.5 Å². The molecule has 0 N–H and O–H groups in total. The van der Waals surface area contributed by atoms with E-state index in [1.807, 2.05) is 66.7 Å². The van der Waals surface area contributed by atoms with Gasteiger partial charge in [0.2, 0.25) is 0 Å². The van der Waals surface area contributed by atoms with Crippen LogP contribution in [0.5, 0.6) is 11.5 Å². The Bertz CT molecular complexity index is 1200. The molecular weight excluding hydrogens is 340 g/mol. The van der Waals surface area contributed by atoms with Crippen molar-refractivity contribution in [3.63, 3.8) is 0 Å². The van der Waals surface area contributed by atoms with Crippen molar-refractivity contribution >= 4 is 33.9 Å². The maximum atomic E-state index is 12.1. The first-order valence-corrected chi connectivity index (χ1v) is 8.55. The fourth-order valence-electron chi connectivity index (χ4n) is 3.19. The third-order valence-electron chi connectivity index (χ3n) is 4.55. The quantitative estimate of drug-likeness (QED) is 0.375. The molecule has 0 bridgehead atoms. The number of rotatable bonds is 4. The van der Waals surface area contributed by atoms with Gasteiger partial charge in [0.05, 0.1) is 14.2 Å². The first kappa shape index (κ1) is 16.9. The Kier molecular flexibility index (Phi) is 4.38. The first-order chi connectivity index (χ1) is 13.2. The standard InChI is InChI=1S/C23H18O4/c1-25-17-10-7-15(8-11-17)6-9-16-14-22(24)27-23-18(16)12-13-19-20(23)4-3-5-21(19)26-2/h3-14H,1-2H3/b9-6+. The zero-order valence-electron chi connectivity index (χ0n) is 15.1. The molecule has 27 heavy (non-hydrogen) atoms. The van der Waals surface area contributed by atoms with E-state index in [1.165, 1.54) is 6.07 Å². The zero-order valence-corrected chi connectivity index (χ0v) is 15.1. The van der Waals surface area contributed by atoms with Gasteiger partial charge in [-0.15, -0.1) is 0 Å². The van der Waals surface area contributed by atoms with E-state index in [4.69, 9.17) is 13.9 Å². The molecule has 134 valence electrons. The minimum atomic E-state index is -0.382. The van der Waals surface area contributed by atoms with E-state index in [2.05, 4.69) is 0 Å². The predicted molar refractivity (Wildman–Crippen MR) is 108 cm³/mol. The Hall–Kier alpha value is -3.53. The molecule has 0 spiro atoms. The second-order valence-corrected chi connectivity index (χ2v) is 6.12. The van der Waals surface area contributed by atoms with E-state index in [1.54, 1.807) is 14.2 Å². The Balaban J connectivity index is 1.86. The average molecular weight is 358 g/mol. The van der Waals surface area contributed by atoms with Crippen molar-refractivity contribution in [1.82, 2.24) is 0 Å². The molecule has 0 atom stereocenters. The van der Waals surface area contributed by atoms with Gasteiger partial charge in [-0.25, -0.2) is 4.79 Å². The molecule has 0 saturated carbocycles. The van der Waals surface area contributed by atoms with Crippen LogP contribution in [0.25, 0.3) is 33.9 Å². The van der Waals surface area contributed by atoms with E-state index < -0.39 is 0 Å². The zero-order chi connectivity index (χ0) is 18.8. The van der Waals surface area contributed by atoms with Gasteiger partial charge in [0, 0.05) is 22.2 Å². The summed E-state index contributed by atoms with van der Waals surface area (Å²) in [5.41, 5.74) is 2.00. The van der Waals surface area contributed by atoms with Gasteiger partial charge in [0.25, 0.3) is 0 Å². The van der Waals surface area contributed by atoms with E-state index in [0.29, 0.717) is 5.58 Å². The predicted octanol–water partition coefficient (Wildman–Crippen LogP) is 5.13. The van der Waals surface area contributed by atoms with Crippen LogP contribution in [-0.4, -0.2) is 14.2 Å². The lowest BCUT2D eigenvalue weighted by Crippen LogP contribution is -1.98. The molecule has 0 radical (unpaired) electrons. The summed E-state index contributed by atoms with van der Waals surface area (Å²) in [5.74, 6) is 1.55. The summed E-state index contributed by atoms with van der Waals surface area (Å²) in [6, 6.07) is 18.9. The second kappa shape index (κ2) is 7.00. The maximum absolute atomic E-state index is 12.1. The highest BCUT2D eigenvalue weighted by molar-refractivity contribution is 6.08. The SMILES string of the molecule is COc1ccc(/C=C/c2cc(=O)oc3c2ccc2c(OC)cccc23)cc1.